The average molecular weight is 257 g/mol. The summed E-state index contributed by atoms with van der Waals surface area (Å²) in [7, 11) is 0. The van der Waals surface area contributed by atoms with Crippen LogP contribution in [0, 0.1) is 11.8 Å². The molecule has 1 N–H and O–H groups in total. The summed E-state index contributed by atoms with van der Waals surface area (Å²) < 4.78 is 0. The van der Waals surface area contributed by atoms with Crippen molar-refractivity contribution in [2.75, 3.05) is 13.1 Å². The highest BCUT2D eigenvalue weighted by Crippen LogP contribution is 2.23. The van der Waals surface area contributed by atoms with Crippen molar-refractivity contribution in [3.8, 4) is 0 Å². The van der Waals surface area contributed by atoms with Crippen molar-refractivity contribution in [2.45, 2.75) is 20.3 Å². The summed E-state index contributed by atoms with van der Waals surface area (Å²) in [6.07, 6.45) is 2.87. The van der Waals surface area contributed by atoms with Gasteiger partial charge in [-0.1, -0.05) is 13.8 Å². The number of hydrogen-bond donors (Lipinski definition) is 1. The standard InChI is InChI=1S/C15H19N3O/c1-10-5-11(2)8-18(7-10)15(19)12-3-4-13-14(6-12)17-9-16-13/h3-4,6,9-11H,5,7-8H2,1-2H3,(H,16,17). The fraction of sp³-hybridized carbons (Fsp3) is 0.467. The van der Waals surface area contributed by atoms with E-state index in [0.717, 1.165) is 29.7 Å². The van der Waals surface area contributed by atoms with Gasteiger partial charge in [-0.3, -0.25) is 4.79 Å². The first-order valence-corrected chi connectivity index (χ1v) is 6.86. The minimum absolute atomic E-state index is 0.134. The Balaban J connectivity index is 1.86. The van der Waals surface area contributed by atoms with Crippen LogP contribution in [0.3, 0.4) is 0 Å². The van der Waals surface area contributed by atoms with Gasteiger partial charge in [0.25, 0.3) is 5.91 Å². The number of carbonyl (C=O) groups excluding carboxylic acids is 1. The molecule has 2 unspecified atom stereocenters. The Hall–Kier alpha value is -1.84. The Bertz CT molecular complexity index is 594. The monoisotopic (exact) mass is 257 g/mol. The van der Waals surface area contributed by atoms with Crippen molar-refractivity contribution < 1.29 is 4.79 Å². The number of nitrogens with one attached hydrogen (secondary N) is 1. The summed E-state index contributed by atoms with van der Waals surface area (Å²) in [6.45, 7) is 6.16. The fourth-order valence-corrected chi connectivity index (χ4v) is 3.08. The first-order chi connectivity index (χ1) is 9.13. The second kappa shape index (κ2) is 4.68. The summed E-state index contributed by atoms with van der Waals surface area (Å²) in [5.74, 6) is 1.31. The van der Waals surface area contributed by atoms with Crippen LogP contribution in [0.4, 0.5) is 0 Å². The predicted octanol–water partition coefficient (Wildman–Crippen LogP) is 2.68. The van der Waals surface area contributed by atoms with Crippen LogP contribution >= 0.6 is 0 Å². The molecule has 2 aromatic rings. The van der Waals surface area contributed by atoms with Crippen molar-refractivity contribution in [3.63, 3.8) is 0 Å². The number of benzene rings is 1. The maximum Gasteiger partial charge on any atom is 0.253 e. The lowest BCUT2D eigenvalue weighted by Crippen LogP contribution is -2.42. The Morgan fingerprint density at radius 3 is 2.79 bits per heavy atom. The van der Waals surface area contributed by atoms with Gasteiger partial charge in [0.05, 0.1) is 17.4 Å². The molecule has 1 saturated heterocycles. The van der Waals surface area contributed by atoms with Crippen LogP contribution < -0.4 is 0 Å². The molecule has 0 radical (unpaired) electrons. The number of piperidine rings is 1. The van der Waals surface area contributed by atoms with Gasteiger partial charge >= 0.3 is 0 Å². The highest BCUT2D eigenvalue weighted by Gasteiger charge is 2.26. The van der Waals surface area contributed by atoms with E-state index in [1.807, 2.05) is 23.1 Å². The van der Waals surface area contributed by atoms with E-state index in [1.165, 1.54) is 6.42 Å². The molecule has 1 aliphatic rings. The molecule has 0 saturated carbocycles. The molecule has 0 spiro atoms. The molecule has 19 heavy (non-hydrogen) atoms. The average Bonchev–Trinajstić information content (AvgIpc) is 2.83. The third-order valence-electron chi connectivity index (χ3n) is 3.82. The molecular weight excluding hydrogens is 238 g/mol. The zero-order chi connectivity index (χ0) is 13.4. The number of rotatable bonds is 1. The van der Waals surface area contributed by atoms with Crippen LogP contribution in [-0.4, -0.2) is 33.9 Å². The fourth-order valence-electron chi connectivity index (χ4n) is 3.08. The van der Waals surface area contributed by atoms with E-state index in [2.05, 4.69) is 23.8 Å². The minimum atomic E-state index is 0.134. The molecule has 4 heteroatoms. The lowest BCUT2D eigenvalue weighted by atomic mass is 9.91. The number of H-pyrrole nitrogens is 1. The number of fused-ring (bicyclic) bond motifs is 1. The Labute approximate surface area is 112 Å². The minimum Gasteiger partial charge on any atom is -0.345 e. The number of likely N-dealkylation sites (tertiary alicyclic amines) is 1. The number of imidazole rings is 1. The first kappa shape index (κ1) is 12.2. The molecule has 1 amide bonds. The third-order valence-corrected chi connectivity index (χ3v) is 3.82. The van der Waals surface area contributed by atoms with Crippen molar-refractivity contribution >= 4 is 16.9 Å². The number of nitrogens with zero attached hydrogens (tertiary/aromatic N) is 2. The van der Waals surface area contributed by atoms with Crippen LogP contribution in [0.2, 0.25) is 0 Å². The zero-order valence-electron chi connectivity index (χ0n) is 11.4. The largest absolute Gasteiger partial charge is 0.345 e. The molecule has 1 aromatic heterocycles. The lowest BCUT2D eigenvalue weighted by molar-refractivity contribution is 0.0623. The van der Waals surface area contributed by atoms with Gasteiger partial charge in [-0.15, -0.1) is 0 Å². The first-order valence-electron chi connectivity index (χ1n) is 6.86. The van der Waals surface area contributed by atoms with E-state index in [0.29, 0.717) is 11.8 Å². The van der Waals surface area contributed by atoms with Crippen LogP contribution in [0.1, 0.15) is 30.6 Å². The second-order valence-electron chi connectivity index (χ2n) is 5.79. The second-order valence-corrected chi connectivity index (χ2v) is 5.79. The molecule has 3 rings (SSSR count). The molecule has 4 nitrogen and oxygen atoms in total. The molecule has 1 aliphatic heterocycles. The van der Waals surface area contributed by atoms with Gasteiger partial charge in [0, 0.05) is 18.7 Å². The van der Waals surface area contributed by atoms with E-state index in [1.54, 1.807) is 6.33 Å². The van der Waals surface area contributed by atoms with E-state index in [-0.39, 0.29) is 5.91 Å². The summed E-state index contributed by atoms with van der Waals surface area (Å²) in [5.41, 5.74) is 2.57. The number of hydrogen-bond acceptors (Lipinski definition) is 2. The van der Waals surface area contributed by atoms with Crippen molar-refractivity contribution in [3.05, 3.63) is 30.1 Å². The SMILES string of the molecule is CC1CC(C)CN(C(=O)c2ccc3nc[nH]c3c2)C1. The molecule has 0 aliphatic carbocycles. The summed E-state index contributed by atoms with van der Waals surface area (Å²) >= 11 is 0. The highest BCUT2D eigenvalue weighted by atomic mass is 16.2. The van der Waals surface area contributed by atoms with Gasteiger partial charge in [0.15, 0.2) is 0 Å². The number of amides is 1. The molecule has 2 atom stereocenters. The van der Waals surface area contributed by atoms with E-state index < -0.39 is 0 Å². The summed E-state index contributed by atoms with van der Waals surface area (Å²) in [5, 5.41) is 0. The van der Waals surface area contributed by atoms with Crippen LogP contribution in [-0.2, 0) is 0 Å². The van der Waals surface area contributed by atoms with Crippen molar-refractivity contribution in [1.82, 2.24) is 14.9 Å². The predicted molar refractivity (Wildman–Crippen MR) is 74.9 cm³/mol. The normalized spacial score (nSPS) is 23.8. The quantitative estimate of drug-likeness (QED) is 0.854. The number of carbonyl (C=O) groups is 1. The molecule has 2 heterocycles. The van der Waals surface area contributed by atoms with Crippen LogP contribution in [0.25, 0.3) is 11.0 Å². The third kappa shape index (κ3) is 2.35. The molecule has 100 valence electrons. The molecule has 1 fully saturated rings. The van der Waals surface area contributed by atoms with Crippen molar-refractivity contribution in [2.24, 2.45) is 11.8 Å². The highest BCUT2D eigenvalue weighted by molar-refractivity contribution is 5.97. The lowest BCUT2D eigenvalue weighted by Gasteiger charge is -2.35. The van der Waals surface area contributed by atoms with Gasteiger partial charge in [0.1, 0.15) is 0 Å². The van der Waals surface area contributed by atoms with Gasteiger partial charge in [-0.25, -0.2) is 4.98 Å². The van der Waals surface area contributed by atoms with Crippen LogP contribution in [0.15, 0.2) is 24.5 Å². The Kier molecular flexibility index (Phi) is 3.01. The van der Waals surface area contributed by atoms with Gasteiger partial charge in [0.2, 0.25) is 0 Å². The number of aromatic nitrogens is 2. The maximum absolute atomic E-state index is 12.5. The van der Waals surface area contributed by atoms with E-state index in [9.17, 15) is 4.79 Å². The smallest absolute Gasteiger partial charge is 0.253 e. The summed E-state index contributed by atoms with van der Waals surface area (Å²) in [6, 6.07) is 5.67. The maximum atomic E-state index is 12.5. The van der Waals surface area contributed by atoms with Crippen molar-refractivity contribution in [1.29, 1.82) is 0 Å². The Morgan fingerprint density at radius 2 is 2.05 bits per heavy atom. The van der Waals surface area contributed by atoms with Gasteiger partial charge in [-0.05, 0) is 36.5 Å². The molecule has 0 bridgehead atoms. The zero-order valence-corrected chi connectivity index (χ0v) is 11.4. The van der Waals surface area contributed by atoms with Crippen LogP contribution in [0.5, 0.6) is 0 Å². The molecule has 1 aromatic carbocycles. The van der Waals surface area contributed by atoms with E-state index in [4.69, 9.17) is 0 Å². The van der Waals surface area contributed by atoms with Gasteiger partial charge in [-0.2, -0.15) is 0 Å². The topological polar surface area (TPSA) is 49.0 Å². The van der Waals surface area contributed by atoms with E-state index >= 15 is 0 Å². The Morgan fingerprint density at radius 1 is 1.32 bits per heavy atom. The summed E-state index contributed by atoms with van der Waals surface area (Å²) in [4.78, 5) is 21.8. The number of aromatic amines is 1. The van der Waals surface area contributed by atoms with Gasteiger partial charge < -0.3 is 9.88 Å². The molecular formula is C15H19N3O.